The highest BCUT2D eigenvalue weighted by atomic mass is 35.5. The molecule has 0 saturated heterocycles. The molecule has 1 amide bonds. The number of carbonyl (C=O) groups is 1. The van der Waals surface area contributed by atoms with Gasteiger partial charge in [0, 0.05) is 6.54 Å². The Kier molecular flexibility index (Phi) is 7.00. The number of aromatic nitrogens is 3. The Morgan fingerprint density at radius 1 is 1.26 bits per heavy atom. The maximum Gasteiger partial charge on any atom is 0.416 e. The van der Waals surface area contributed by atoms with E-state index in [-0.39, 0.29) is 16.6 Å². The fraction of sp³-hybridized carbons (Fsp3) is 0.350. The van der Waals surface area contributed by atoms with Gasteiger partial charge in [-0.2, -0.15) is 13.2 Å². The molecule has 0 fully saturated rings. The standard InChI is InChI=1S/C20H20ClF3N4O2S/c1-11(2)10-28-17(16-5-4-8-30-16)26-27-19(28)31-12(3)18(29)25-15-9-13(20(22,23)24)6-7-14(15)21/h4-9,11-12H,10H2,1-3H3,(H,25,29). The van der Waals surface area contributed by atoms with E-state index in [0.717, 1.165) is 30.0 Å². The minimum Gasteiger partial charge on any atom is -0.461 e. The highest BCUT2D eigenvalue weighted by Gasteiger charge is 2.31. The summed E-state index contributed by atoms with van der Waals surface area (Å²) in [5.74, 6) is 0.851. The lowest BCUT2D eigenvalue weighted by Crippen LogP contribution is -2.23. The summed E-state index contributed by atoms with van der Waals surface area (Å²) in [5, 5.41) is 10.7. The number of furan rings is 1. The van der Waals surface area contributed by atoms with Crippen LogP contribution in [0.4, 0.5) is 18.9 Å². The zero-order chi connectivity index (χ0) is 22.8. The Balaban J connectivity index is 1.79. The van der Waals surface area contributed by atoms with Crippen molar-refractivity contribution in [2.75, 3.05) is 5.32 Å². The summed E-state index contributed by atoms with van der Waals surface area (Å²) in [5.41, 5.74) is -0.999. The Morgan fingerprint density at radius 3 is 2.61 bits per heavy atom. The third kappa shape index (κ3) is 5.62. The van der Waals surface area contributed by atoms with Crippen molar-refractivity contribution >= 4 is 35.0 Å². The van der Waals surface area contributed by atoms with Crippen molar-refractivity contribution in [3.05, 3.63) is 47.2 Å². The minimum atomic E-state index is -4.54. The maximum absolute atomic E-state index is 13.0. The number of anilines is 1. The number of benzene rings is 1. The molecule has 31 heavy (non-hydrogen) atoms. The van der Waals surface area contributed by atoms with Crippen LogP contribution in [0.25, 0.3) is 11.6 Å². The number of carbonyl (C=O) groups excluding carboxylic acids is 1. The number of halogens is 4. The first-order valence-corrected chi connectivity index (χ1v) is 10.6. The molecule has 0 aliphatic carbocycles. The average Bonchev–Trinajstić information content (AvgIpc) is 3.32. The topological polar surface area (TPSA) is 73.0 Å². The Hall–Kier alpha value is -2.46. The lowest BCUT2D eigenvalue weighted by Gasteiger charge is -2.16. The van der Waals surface area contributed by atoms with Crippen LogP contribution in [0.1, 0.15) is 26.3 Å². The summed E-state index contributed by atoms with van der Waals surface area (Å²) in [4.78, 5) is 12.7. The molecule has 1 unspecified atom stereocenters. The minimum absolute atomic E-state index is 0.0154. The molecule has 11 heteroatoms. The van der Waals surface area contributed by atoms with Crippen LogP contribution in [-0.2, 0) is 17.5 Å². The number of hydrogen-bond acceptors (Lipinski definition) is 5. The van der Waals surface area contributed by atoms with Gasteiger partial charge in [-0.15, -0.1) is 10.2 Å². The summed E-state index contributed by atoms with van der Waals surface area (Å²) in [6, 6.07) is 6.29. The van der Waals surface area contributed by atoms with Crippen molar-refractivity contribution < 1.29 is 22.4 Å². The molecule has 0 saturated carbocycles. The number of thioether (sulfide) groups is 1. The van der Waals surface area contributed by atoms with Crippen molar-refractivity contribution in [3.63, 3.8) is 0 Å². The molecule has 1 N–H and O–H groups in total. The van der Waals surface area contributed by atoms with Gasteiger partial charge in [-0.3, -0.25) is 9.36 Å². The van der Waals surface area contributed by atoms with Crippen LogP contribution in [0.3, 0.4) is 0 Å². The van der Waals surface area contributed by atoms with Crippen molar-refractivity contribution in [1.82, 2.24) is 14.8 Å². The summed E-state index contributed by atoms with van der Waals surface area (Å²) in [6.07, 6.45) is -3.01. The first kappa shape index (κ1) is 23.2. The van der Waals surface area contributed by atoms with Crippen molar-refractivity contribution in [3.8, 4) is 11.6 Å². The van der Waals surface area contributed by atoms with Crippen LogP contribution in [0.15, 0.2) is 46.2 Å². The van der Waals surface area contributed by atoms with E-state index in [1.807, 2.05) is 18.4 Å². The fourth-order valence-electron chi connectivity index (χ4n) is 2.74. The Bertz CT molecular complexity index is 1050. The van der Waals surface area contributed by atoms with Crippen LogP contribution in [0.5, 0.6) is 0 Å². The zero-order valence-corrected chi connectivity index (χ0v) is 18.5. The van der Waals surface area contributed by atoms with Gasteiger partial charge < -0.3 is 9.73 Å². The van der Waals surface area contributed by atoms with Crippen molar-refractivity contribution in [2.24, 2.45) is 5.92 Å². The van der Waals surface area contributed by atoms with Gasteiger partial charge >= 0.3 is 6.18 Å². The molecule has 2 aromatic heterocycles. The van der Waals surface area contributed by atoms with E-state index in [4.69, 9.17) is 16.0 Å². The average molecular weight is 473 g/mol. The van der Waals surface area contributed by atoms with E-state index < -0.39 is 22.9 Å². The predicted molar refractivity (Wildman–Crippen MR) is 113 cm³/mol. The maximum atomic E-state index is 13.0. The lowest BCUT2D eigenvalue weighted by molar-refractivity contribution is -0.137. The normalized spacial score (nSPS) is 12.9. The van der Waals surface area contributed by atoms with Crippen molar-refractivity contribution in [1.29, 1.82) is 0 Å². The monoisotopic (exact) mass is 472 g/mol. The van der Waals surface area contributed by atoms with Gasteiger partial charge in [0.05, 0.1) is 27.8 Å². The quantitative estimate of drug-likeness (QED) is 0.428. The third-order valence-corrected chi connectivity index (χ3v) is 5.62. The van der Waals surface area contributed by atoms with Crippen LogP contribution in [0, 0.1) is 5.92 Å². The number of hydrogen-bond donors (Lipinski definition) is 1. The summed E-state index contributed by atoms with van der Waals surface area (Å²) >= 11 is 7.12. The number of amides is 1. The fourth-order valence-corrected chi connectivity index (χ4v) is 3.76. The molecular formula is C20H20ClF3N4O2S. The van der Waals surface area contributed by atoms with Gasteiger partial charge in [0.25, 0.3) is 0 Å². The van der Waals surface area contributed by atoms with Crippen LogP contribution in [-0.4, -0.2) is 25.9 Å². The summed E-state index contributed by atoms with van der Waals surface area (Å²) in [7, 11) is 0. The van der Waals surface area contributed by atoms with Crippen LogP contribution in [0.2, 0.25) is 5.02 Å². The molecule has 0 radical (unpaired) electrons. The molecule has 0 spiro atoms. The first-order chi connectivity index (χ1) is 14.6. The molecule has 3 rings (SSSR count). The second kappa shape index (κ2) is 9.35. The second-order valence-corrected chi connectivity index (χ2v) is 8.94. The van der Waals surface area contributed by atoms with Crippen LogP contribution >= 0.6 is 23.4 Å². The van der Waals surface area contributed by atoms with E-state index >= 15 is 0 Å². The lowest BCUT2D eigenvalue weighted by atomic mass is 10.2. The predicted octanol–water partition coefficient (Wildman–Crippen LogP) is 5.99. The summed E-state index contributed by atoms with van der Waals surface area (Å²) < 4.78 is 46.2. The second-order valence-electron chi connectivity index (χ2n) is 7.23. The molecular weight excluding hydrogens is 453 g/mol. The molecule has 0 bridgehead atoms. The van der Waals surface area contributed by atoms with E-state index in [1.54, 1.807) is 19.1 Å². The number of nitrogens with zero attached hydrogens (tertiary/aromatic N) is 3. The van der Waals surface area contributed by atoms with Gasteiger partial charge in [0.2, 0.25) is 5.91 Å². The first-order valence-electron chi connectivity index (χ1n) is 9.37. The number of alkyl halides is 3. The largest absolute Gasteiger partial charge is 0.461 e. The molecule has 2 heterocycles. The highest BCUT2D eigenvalue weighted by molar-refractivity contribution is 8.00. The Labute approximate surface area is 186 Å². The van der Waals surface area contributed by atoms with E-state index in [2.05, 4.69) is 15.5 Å². The van der Waals surface area contributed by atoms with Gasteiger partial charge in [-0.1, -0.05) is 37.2 Å². The smallest absolute Gasteiger partial charge is 0.416 e. The van der Waals surface area contributed by atoms with Gasteiger partial charge in [-0.25, -0.2) is 0 Å². The highest BCUT2D eigenvalue weighted by Crippen LogP contribution is 2.34. The van der Waals surface area contributed by atoms with Crippen molar-refractivity contribution in [2.45, 2.75) is 43.9 Å². The summed E-state index contributed by atoms with van der Waals surface area (Å²) in [6.45, 7) is 6.29. The molecule has 3 aromatic rings. The van der Waals surface area contributed by atoms with E-state index in [0.29, 0.717) is 23.3 Å². The molecule has 6 nitrogen and oxygen atoms in total. The Morgan fingerprint density at radius 2 is 2.00 bits per heavy atom. The van der Waals surface area contributed by atoms with Gasteiger partial charge in [-0.05, 0) is 43.2 Å². The molecule has 0 aliphatic heterocycles. The number of nitrogens with one attached hydrogen (secondary N) is 1. The molecule has 1 atom stereocenters. The number of rotatable bonds is 7. The van der Waals surface area contributed by atoms with Crippen LogP contribution < -0.4 is 5.32 Å². The molecule has 0 aliphatic rings. The molecule has 166 valence electrons. The SMILES string of the molecule is CC(C)Cn1c(SC(C)C(=O)Nc2cc(C(F)(F)F)ccc2Cl)nnc1-c1ccco1. The zero-order valence-electron chi connectivity index (χ0n) is 16.9. The van der Waals surface area contributed by atoms with E-state index in [9.17, 15) is 18.0 Å². The van der Waals surface area contributed by atoms with Gasteiger partial charge in [0.1, 0.15) is 0 Å². The molecule has 1 aromatic carbocycles. The van der Waals surface area contributed by atoms with E-state index in [1.165, 1.54) is 6.26 Å². The van der Waals surface area contributed by atoms with Gasteiger partial charge in [0.15, 0.2) is 16.7 Å². The third-order valence-electron chi connectivity index (χ3n) is 4.21.